The van der Waals surface area contributed by atoms with Crippen molar-refractivity contribution in [1.82, 2.24) is 9.97 Å². The summed E-state index contributed by atoms with van der Waals surface area (Å²) in [5, 5.41) is 0.315. The lowest BCUT2D eigenvalue weighted by Crippen LogP contribution is -2.10. The van der Waals surface area contributed by atoms with E-state index in [1.807, 2.05) is 0 Å². The number of aromatic amines is 1. The first-order chi connectivity index (χ1) is 8.15. The van der Waals surface area contributed by atoms with Crippen LogP contribution in [0.25, 0.3) is 0 Å². The molecule has 2 heterocycles. The third-order valence-corrected chi connectivity index (χ3v) is 2.75. The summed E-state index contributed by atoms with van der Waals surface area (Å²) in [7, 11) is 0. The zero-order valence-corrected chi connectivity index (χ0v) is 9.49. The van der Waals surface area contributed by atoms with Gasteiger partial charge in [-0.15, -0.1) is 0 Å². The van der Waals surface area contributed by atoms with Crippen molar-refractivity contribution < 1.29 is 9.21 Å². The Morgan fingerprint density at radius 1 is 1.59 bits per heavy atom. The van der Waals surface area contributed by atoms with Crippen LogP contribution in [0.3, 0.4) is 0 Å². The molecule has 2 rings (SSSR count). The Kier molecular flexibility index (Phi) is 3.29. The Labute approximate surface area is 100 Å². The maximum atomic E-state index is 11.6. The molecule has 0 spiro atoms. The maximum absolute atomic E-state index is 11.6. The van der Waals surface area contributed by atoms with Crippen molar-refractivity contribution in [1.29, 1.82) is 0 Å². The zero-order valence-electron chi connectivity index (χ0n) is 8.67. The quantitative estimate of drug-likeness (QED) is 0.476. The number of hydrogen-bond acceptors (Lipinski definition) is 6. The summed E-state index contributed by atoms with van der Waals surface area (Å²) >= 11 is 1.10. The number of nitrogens with zero attached hydrogens (tertiary/aromatic N) is 1. The summed E-state index contributed by atoms with van der Waals surface area (Å²) in [6.45, 7) is 0. The van der Waals surface area contributed by atoms with Gasteiger partial charge in [0.25, 0.3) is 5.56 Å². The average Bonchev–Trinajstić information content (AvgIpc) is 2.78. The zero-order chi connectivity index (χ0) is 12.3. The second-order valence-corrected chi connectivity index (χ2v) is 4.13. The average molecular weight is 251 g/mol. The van der Waals surface area contributed by atoms with Crippen LogP contribution < -0.4 is 11.3 Å². The number of carbonyl (C=O) groups is 1. The van der Waals surface area contributed by atoms with Gasteiger partial charge >= 0.3 is 0 Å². The smallest absolute Gasteiger partial charge is 0.253 e. The number of thioether (sulfide) groups is 1. The molecule has 3 N–H and O–H groups in total. The van der Waals surface area contributed by atoms with E-state index in [1.54, 1.807) is 12.1 Å². The Balaban J connectivity index is 2.03. The first kappa shape index (κ1) is 11.5. The van der Waals surface area contributed by atoms with Crippen LogP contribution in [0.5, 0.6) is 0 Å². The Bertz CT molecular complexity index is 577. The van der Waals surface area contributed by atoms with Crippen molar-refractivity contribution in [2.24, 2.45) is 0 Å². The predicted octanol–water partition coefficient (Wildman–Crippen LogP) is 0.920. The summed E-state index contributed by atoms with van der Waals surface area (Å²) in [5.41, 5.74) is 5.07. The number of rotatable bonds is 4. The van der Waals surface area contributed by atoms with Gasteiger partial charge in [0.05, 0.1) is 12.0 Å². The highest BCUT2D eigenvalue weighted by Crippen LogP contribution is 2.14. The summed E-state index contributed by atoms with van der Waals surface area (Å²) in [4.78, 5) is 29.0. The molecule has 0 saturated carbocycles. The molecule has 88 valence electrons. The van der Waals surface area contributed by atoms with Gasteiger partial charge in [-0.05, 0) is 12.1 Å². The lowest BCUT2D eigenvalue weighted by molar-refractivity contribution is 0.0992. The second-order valence-electron chi connectivity index (χ2n) is 3.16. The SMILES string of the molecule is Nc1cc(=O)[nH]c(SCC(=O)c2ccco2)n1. The molecule has 0 aliphatic carbocycles. The largest absolute Gasteiger partial charge is 0.461 e. The fourth-order valence-electron chi connectivity index (χ4n) is 1.16. The molecule has 17 heavy (non-hydrogen) atoms. The van der Waals surface area contributed by atoms with E-state index in [4.69, 9.17) is 10.2 Å². The highest BCUT2D eigenvalue weighted by molar-refractivity contribution is 7.99. The monoisotopic (exact) mass is 251 g/mol. The molecule has 0 aromatic carbocycles. The fourth-order valence-corrected chi connectivity index (χ4v) is 1.92. The van der Waals surface area contributed by atoms with Gasteiger partial charge in [-0.2, -0.15) is 0 Å². The van der Waals surface area contributed by atoms with Gasteiger partial charge in [0.15, 0.2) is 10.9 Å². The Morgan fingerprint density at radius 3 is 3.06 bits per heavy atom. The van der Waals surface area contributed by atoms with Crippen LogP contribution in [0.15, 0.2) is 38.8 Å². The van der Waals surface area contributed by atoms with E-state index in [9.17, 15) is 9.59 Å². The molecule has 0 radical (unpaired) electrons. The van der Waals surface area contributed by atoms with E-state index in [0.717, 1.165) is 11.8 Å². The molecule has 7 heteroatoms. The molecule has 0 amide bonds. The highest BCUT2D eigenvalue weighted by Gasteiger charge is 2.10. The van der Waals surface area contributed by atoms with E-state index in [0.29, 0.717) is 5.16 Å². The van der Waals surface area contributed by atoms with Crippen molar-refractivity contribution in [3.63, 3.8) is 0 Å². The van der Waals surface area contributed by atoms with Gasteiger partial charge in [-0.1, -0.05) is 11.8 Å². The number of aromatic nitrogens is 2. The maximum Gasteiger partial charge on any atom is 0.253 e. The van der Waals surface area contributed by atoms with E-state index in [-0.39, 0.29) is 28.7 Å². The molecule has 2 aromatic heterocycles. The third-order valence-electron chi connectivity index (χ3n) is 1.88. The number of furan rings is 1. The molecule has 0 unspecified atom stereocenters. The lowest BCUT2D eigenvalue weighted by atomic mass is 10.3. The number of nitrogens with one attached hydrogen (secondary N) is 1. The van der Waals surface area contributed by atoms with Crippen LogP contribution in [0.4, 0.5) is 5.82 Å². The Morgan fingerprint density at radius 2 is 2.41 bits per heavy atom. The second kappa shape index (κ2) is 4.88. The first-order valence-electron chi connectivity index (χ1n) is 4.71. The van der Waals surface area contributed by atoms with Crippen LogP contribution in [0.1, 0.15) is 10.6 Å². The van der Waals surface area contributed by atoms with Gasteiger partial charge in [-0.25, -0.2) is 4.98 Å². The summed E-state index contributed by atoms with van der Waals surface area (Å²) in [6.07, 6.45) is 1.43. The molecule has 0 atom stereocenters. The minimum absolute atomic E-state index is 0.125. The van der Waals surface area contributed by atoms with E-state index in [2.05, 4.69) is 9.97 Å². The Hall–Kier alpha value is -2.02. The van der Waals surface area contributed by atoms with Gasteiger partial charge in [-0.3, -0.25) is 9.59 Å². The topological polar surface area (TPSA) is 102 Å². The number of Topliss-reactive ketones (excluding diaryl/α,β-unsaturated/α-hetero) is 1. The molecule has 0 aliphatic rings. The van der Waals surface area contributed by atoms with Crippen molar-refractivity contribution in [2.75, 3.05) is 11.5 Å². The fraction of sp³-hybridized carbons (Fsp3) is 0.100. The van der Waals surface area contributed by atoms with Crippen molar-refractivity contribution >= 4 is 23.4 Å². The molecule has 2 aromatic rings. The standard InChI is InChI=1S/C10H9N3O3S/c11-8-4-9(15)13-10(12-8)17-5-6(14)7-2-1-3-16-7/h1-4H,5H2,(H3,11,12,13,15). The molecule has 0 fully saturated rings. The van der Waals surface area contributed by atoms with Gasteiger partial charge in [0, 0.05) is 6.07 Å². The van der Waals surface area contributed by atoms with Crippen LogP contribution in [0.2, 0.25) is 0 Å². The van der Waals surface area contributed by atoms with Gasteiger partial charge < -0.3 is 15.1 Å². The van der Waals surface area contributed by atoms with Gasteiger partial charge in [0.2, 0.25) is 5.78 Å². The number of nitrogens with two attached hydrogens (primary N) is 1. The molecular formula is C10H9N3O3S. The normalized spacial score (nSPS) is 10.4. The molecule has 0 aliphatic heterocycles. The van der Waals surface area contributed by atoms with Gasteiger partial charge in [0.1, 0.15) is 5.82 Å². The van der Waals surface area contributed by atoms with Crippen LogP contribution in [-0.2, 0) is 0 Å². The highest BCUT2D eigenvalue weighted by atomic mass is 32.2. The van der Waals surface area contributed by atoms with Crippen LogP contribution >= 0.6 is 11.8 Å². The lowest BCUT2D eigenvalue weighted by Gasteiger charge is -1.99. The molecular weight excluding hydrogens is 242 g/mol. The van der Waals surface area contributed by atoms with Crippen LogP contribution in [0, 0.1) is 0 Å². The number of hydrogen-bond donors (Lipinski definition) is 2. The summed E-state index contributed by atoms with van der Waals surface area (Å²) in [6, 6.07) is 4.40. The van der Waals surface area contributed by atoms with Crippen LogP contribution in [-0.4, -0.2) is 21.5 Å². The third kappa shape index (κ3) is 2.97. The number of ketones is 1. The number of H-pyrrole nitrogens is 1. The minimum Gasteiger partial charge on any atom is -0.461 e. The summed E-state index contributed by atoms with van der Waals surface area (Å²) < 4.78 is 4.95. The minimum atomic E-state index is -0.342. The predicted molar refractivity (Wildman–Crippen MR) is 63.0 cm³/mol. The molecule has 0 saturated heterocycles. The summed E-state index contributed by atoms with van der Waals surface area (Å²) in [5.74, 6) is 0.357. The van der Waals surface area contributed by atoms with Crippen molar-refractivity contribution in [2.45, 2.75) is 5.16 Å². The molecule has 0 bridgehead atoms. The van der Waals surface area contributed by atoms with E-state index >= 15 is 0 Å². The first-order valence-corrected chi connectivity index (χ1v) is 5.70. The number of carbonyl (C=O) groups excluding carboxylic acids is 1. The van der Waals surface area contributed by atoms with Crippen molar-refractivity contribution in [3.8, 4) is 0 Å². The number of anilines is 1. The van der Waals surface area contributed by atoms with E-state index in [1.165, 1.54) is 12.3 Å². The number of nitrogen functional groups attached to an aromatic ring is 1. The van der Waals surface area contributed by atoms with Crippen molar-refractivity contribution in [3.05, 3.63) is 40.6 Å². The van der Waals surface area contributed by atoms with E-state index < -0.39 is 0 Å². The molecule has 6 nitrogen and oxygen atoms in total.